The number of fused-ring (bicyclic) bond motifs is 1. The van der Waals surface area contributed by atoms with Crippen molar-refractivity contribution in [3.05, 3.63) is 11.3 Å². The van der Waals surface area contributed by atoms with Crippen molar-refractivity contribution >= 4 is 29.9 Å². The van der Waals surface area contributed by atoms with Gasteiger partial charge < -0.3 is 14.7 Å². The molecule has 2 aliphatic rings. The first-order valence-corrected chi connectivity index (χ1v) is 6.34. The highest BCUT2D eigenvalue weighted by Crippen LogP contribution is 2.44. The molecule has 0 aromatic carbocycles. The number of carbonyl (C=O) groups excluding carboxylic acids is 1. The molecule has 0 radical (unpaired) electrons. The highest BCUT2D eigenvalue weighted by atomic mass is 32.2. The standard InChI is InChI=1S/C10H13N3O5S/c1-17-10(11)8(16)13-6(7(14)15)5(3-12-18-2)4-19-9(10)13/h3,9H,4,11H2,1-2H3,(H,14,15)/t9-,10-/m0/s1. The van der Waals surface area contributed by atoms with E-state index in [0.717, 1.165) is 4.90 Å². The third-order valence-corrected chi connectivity index (χ3v) is 4.30. The normalized spacial score (nSPS) is 30.4. The molecule has 1 fully saturated rings. The first kappa shape index (κ1) is 13.8. The quantitative estimate of drug-likeness (QED) is 0.300. The number of carboxylic acids is 1. The Morgan fingerprint density at radius 2 is 2.37 bits per heavy atom. The van der Waals surface area contributed by atoms with E-state index in [-0.39, 0.29) is 5.70 Å². The van der Waals surface area contributed by atoms with E-state index in [4.69, 9.17) is 10.5 Å². The number of β-lactam (4-membered cyclic amide) rings is 1. The molecule has 0 bridgehead atoms. The SMILES string of the molecule is CON=CC1=C(C(=O)O)N2C(=O)[C@](N)(OC)[C@@H]2SC1. The van der Waals surface area contributed by atoms with Gasteiger partial charge in [0.15, 0.2) is 0 Å². The summed E-state index contributed by atoms with van der Waals surface area (Å²) in [6.07, 6.45) is 1.28. The van der Waals surface area contributed by atoms with Gasteiger partial charge in [0.05, 0.1) is 6.21 Å². The van der Waals surface area contributed by atoms with Crippen LogP contribution >= 0.6 is 11.8 Å². The van der Waals surface area contributed by atoms with Crippen molar-refractivity contribution in [2.75, 3.05) is 20.0 Å². The van der Waals surface area contributed by atoms with E-state index in [1.54, 1.807) is 0 Å². The summed E-state index contributed by atoms with van der Waals surface area (Å²) in [5, 5.41) is 12.2. The average molecular weight is 287 g/mol. The maximum absolute atomic E-state index is 12.0. The Morgan fingerprint density at radius 3 is 2.89 bits per heavy atom. The summed E-state index contributed by atoms with van der Waals surface area (Å²) in [4.78, 5) is 28.9. The molecule has 2 heterocycles. The van der Waals surface area contributed by atoms with Gasteiger partial charge in [0.25, 0.3) is 5.91 Å². The molecule has 104 valence electrons. The lowest BCUT2D eigenvalue weighted by Gasteiger charge is -2.53. The molecule has 0 unspecified atom stereocenters. The van der Waals surface area contributed by atoms with Gasteiger partial charge in [-0.15, -0.1) is 11.8 Å². The molecule has 2 atom stereocenters. The molecule has 2 rings (SSSR count). The van der Waals surface area contributed by atoms with Crippen LogP contribution < -0.4 is 5.73 Å². The molecule has 19 heavy (non-hydrogen) atoms. The molecule has 3 N–H and O–H groups in total. The highest BCUT2D eigenvalue weighted by Gasteiger charge is 2.63. The Kier molecular flexibility index (Phi) is 3.52. The summed E-state index contributed by atoms with van der Waals surface area (Å²) in [5.74, 6) is -1.44. The van der Waals surface area contributed by atoms with Crippen molar-refractivity contribution in [3.63, 3.8) is 0 Å². The van der Waals surface area contributed by atoms with Gasteiger partial charge in [-0.05, 0) is 0 Å². The van der Waals surface area contributed by atoms with Crippen LogP contribution in [0.25, 0.3) is 0 Å². The van der Waals surface area contributed by atoms with Crippen LogP contribution in [-0.4, -0.2) is 59.2 Å². The van der Waals surface area contributed by atoms with Crippen LogP contribution in [0.15, 0.2) is 16.4 Å². The number of methoxy groups -OCH3 is 1. The fourth-order valence-electron chi connectivity index (χ4n) is 1.98. The van der Waals surface area contributed by atoms with Crippen LogP contribution in [0.2, 0.25) is 0 Å². The van der Waals surface area contributed by atoms with Gasteiger partial charge >= 0.3 is 5.97 Å². The number of nitrogens with two attached hydrogens (primary N) is 1. The number of rotatable bonds is 4. The van der Waals surface area contributed by atoms with E-state index in [1.807, 2.05) is 0 Å². The molecule has 0 aromatic rings. The van der Waals surface area contributed by atoms with E-state index in [1.165, 1.54) is 32.2 Å². The number of carboxylic acid groups (broad SMARTS) is 1. The molecule has 0 aromatic heterocycles. The molecule has 0 saturated carbocycles. The van der Waals surface area contributed by atoms with Gasteiger partial charge in [0.1, 0.15) is 18.2 Å². The summed E-state index contributed by atoms with van der Waals surface area (Å²) in [7, 11) is 2.67. The average Bonchev–Trinajstić information content (AvgIpc) is 2.42. The zero-order valence-electron chi connectivity index (χ0n) is 10.3. The molecular formula is C10H13N3O5S. The fourth-order valence-corrected chi connectivity index (χ4v) is 3.32. The Labute approximate surface area is 113 Å². The van der Waals surface area contributed by atoms with Crippen molar-refractivity contribution in [2.45, 2.75) is 11.1 Å². The number of hydrogen-bond acceptors (Lipinski definition) is 7. The zero-order chi connectivity index (χ0) is 14.2. The molecule has 0 aliphatic carbocycles. The molecule has 1 amide bonds. The van der Waals surface area contributed by atoms with E-state index >= 15 is 0 Å². The smallest absolute Gasteiger partial charge is 0.353 e. The number of oxime groups is 1. The van der Waals surface area contributed by atoms with Gasteiger partial charge in [-0.3, -0.25) is 15.4 Å². The summed E-state index contributed by atoms with van der Waals surface area (Å²) in [6.45, 7) is 0. The van der Waals surface area contributed by atoms with Gasteiger partial charge in [-0.1, -0.05) is 5.16 Å². The number of hydrogen-bond donors (Lipinski definition) is 2. The third-order valence-electron chi connectivity index (χ3n) is 2.95. The number of thioether (sulfide) groups is 1. The van der Waals surface area contributed by atoms with Crippen molar-refractivity contribution in [1.29, 1.82) is 0 Å². The second-order valence-corrected chi connectivity index (χ2v) is 5.00. The Balaban J connectivity index is 2.39. The molecule has 2 aliphatic heterocycles. The van der Waals surface area contributed by atoms with Crippen LogP contribution in [0.1, 0.15) is 0 Å². The minimum absolute atomic E-state index is 0.132. The predicted molar refractivity (Wildman–Crippen MR) is 67.2 cm³/mol. The predicted octanol–water partition coefficient (Wildman–Crippen LogP) is -0.826. The summed E-state index contributed by atoms with van der Waals surface area (Å²) < 4.78 is 4.99. The van der Waals surface area contributed by atoms with E-state index in [0.29, 0.717) is 11.3 Å². The maximum atomic E-state index is 12.0. The van der Waals surface area contributed by atoms with Crippen LogP contribution in [0.5, 0.6) is 0 Å². The molecule has 0 spiro atoms. The van der Waals surface area contributed by atoms with E-state index in [9.17, 15) is 14.7 Å². The molecule has 9 heteroatoms. The van der Waals surface area contributed by atoms with Gasteiger partial charge in [-0.25, -0.2) is 4.79 Å². The molecular weight excluding hydrogens is 274 g/mol. The summed E-state index contributed by atoms with van der Waals surface area (Å²) in [6, 6.07) is 0. The zero-order valence-corrected chi connectivity index (χ0v) is 11.1. The Hall–Kier alpha value is -1.58. The third kappa shape index (κ3) is 1.90. The summed E-state index contributed by atoms with van der Waals surface area (Å²) in [5.41, 5.74) is 4.60. The van der Waals surface area contributed by atoms with Crippen LogP contribution in [-0.2, 0) is 19.2 Å². The van der Waals surface area contributed by atoms with Crippen molar-refractivity contribution in [3.8, 4) is 0 Å². The number of ether oxygens (including phenoxy) is 1. The first-order valence-electron chi connectivity index (χ1n) is 5.29. The second kappa shape index (κ2) is 4.83. The lowest BCUT2D eigenvalue weighted by atomic mass is 10.00. The summed E-state index contributed by atoms with van der Waals surface area (Å²) >= 11 is 1.32. The second-order valence-electron chi connectivity index (χ2n) is 3.93. The number of nitrogens with zero attached hydrogens (tertiary/aromatic N) is 2. The largest absolute Gasteiger partial charge is 0.477 e. The Bertz CT molecular complexity index is 492. The van der Waals surface area contributed by atoms with Crippen molar-refractivity contribution < 1.29 is 24.3 Å². The fraction of sp³-hybridized carbons (Fsp3) is 0.500. The van der Waals surface area contributed by atoms with Crippen LogP contribution in [0.4, 0.5) is 0 Å². The van der Waals surface area contributed by atoms with Crippen LogP contribution in [0.3, 0.4) is 0 Å². The van der Waals surface area contributed by atoms with Crippen LogP contribution in [0, 0.1) is 0 Å². The lowest BCUT2D eigenvalue weighted by molar-refractivity contribution is -0.182. The van der Waals surface area contributed by atoms with Gasteiger partial charge in [0, 0.05) is 18.4 Å². The minimum atomic E-state index is -1.46. The van der Waals surface area contributed by atoms with Crippen molar-refractivity contribution in [2.24, 2.45) is 10.9 Å². The number of carbonyl (C=O) groups is 2. The first-order chi connectivity index (χ1) is 8.97. The van der Waals surface area contributed by atoms with Crippen molar-refractivity contribution in [1.82, 2.24) is 4.90 Å². The number of amides is 1. The van der Waals surface area contributed by atoms with Gasteiger partial charge in [-0.2, -0.15) is 0 Å². The molecule has 8 nitrogen and oxygen atoms in total. The topological polar surface area (TPSA) is 114 Å². The lowest BCUT2D eigenvalue weighted by Crippen LogP contribution is -2.78. The van der Waals surface area contributed by atoms with E-state index in [2.05, 4.69) is 9.99 Å². The monoisotopic (exact) mass is 287 g/mol. The highest BCUT2D eigenvalue weighted by molar-refractivity contribution is 8.00. The number of aliphatic carboxylic acids is 1. The van der Waals surface area contributed by atoms with Gasteiger partial charge in [0.2, 0.25) is 5.72 Å². The van der Waals surface area contributed by atoms with E-state index < -0.39 is 23.0 Å². The minimum Gasteiger partial charge on any atom is -0.477 e. The Morgan fingerprint density at radius 1 is 1.68 bits per heavy atom. The molecule has 1 saturated heterocycles. The maximum Gasteiger partial charge on any atom is 0.353 e.